The van der Waals surface area contributed by atoms with Gasteiger partial charge >= 0.3 is 12.1 Å². The molecule has 0 saturated heterocycles. The van der Waals surface area contributed by atoms with Gasteiger partial charge in [-0.2, -0.15) is 0 Å². The molecule has 0 heterocycles. The molecule has 0 aliphatic rings. The molecule has 0 aromatic heterocycles. The minimum absolute atomic E-state index is 0.118. The van der Waals surface area contributed by atoms with E-state index in [1.807, 2.05) is 30.3 Å². The molecule has 22 heavy (non-hydrogen) atoms. The zero-order chi connectivity index (χ0) is 16.4. The molecule has 1 atom stereocenters. The van der Waals surface area contributed by atoms with Crippen LogP contribution < -0.4 is 11.1 Å². The molecule has 0 aliphatic heterocycles. The fourth-order valence-corrected chi connectivity index (χ4v) is 1.37. The van der Waals surface area contributed by atoms with Gasteiger partial charge in [-0.05, 0) is 5.56 Å². The first-order valence-electron chi connectivity index (χ1n) is 6.46. The molecule has 8 heteroatoms. The van der Waals surface area contributed by atoms with E-state index in [2.05, 4.69) is 14.8 Å². The van der Waals surface area contributed by atoms with Gasteiger partial charge < -0.3 is 25.3 Å². The third-order valence-electron chi connectivity index (χ3n) is 2.53. The Labute approximate surface area is 127 Å². The maximum Gasteiger partial charge on any atom is 0.508 e. The number of ether oxygens (including phenoxy) is 3. The first kappa shape index (κ1) is 17.4. The number of carbonyl (C=O) groups excluding carboxylic acids is 3. The number of nitrogens with two attached hydrogens (primary N) is 1. The number of benzene rings is 1. The molecule has 1 aromatic rings. The van der Waals surface area contributed by atoms with E-state index in [0.29, 0.717) is 0 Å². The Morgan fingerprint density at radius 3 is 2.50 bits per heavy atom. The fraction of sp³-hybridized carbons (Fsp3) is 0.357. The van der Waals surface area contributed by atoms with Crippen molar-refractivity contribution >= 4 is 18.0 Å². The van der Waals surface area contributed by atoms with E-state index in [1.54, 1.807) is 0 Å². The van der Waals surface area contributed by atoms with Crippen LogP contribution in [0.3, 0.4) is 0 Å². The minimum Gasteiger partial charge on any atom is -0.460 e. The summed E-state index contributed by atoms with van der Waals surface area (Å²) in [6.45, 7) is -0.553. The Balaban J connectivity index is 2.22. The van der Waals surface area contributed by atoms with Crippen LogP contribution in [-0.2, 0) is 30.4 Å². The summed E-state index contributed by atoms with van der Waals surface area (Å²) < 4.78 is 13.7. The van der Waals surface area contributed by atoms with Gasteiger partial charge in [0, 0.05) is 0 Å². The van der Waals surface area contributed by atoms with Crippen molar-refractivity contribution in [3.8, 4) is 0 Å². The van der Waals surface area contributed by atoms with Gasteiger partial charge in [-0.25, -0.2) is 4.79 Å². The lowest BCUT2D eigenvalue weighted by Gasteiger charge is -2.12. The fourth-order valence-electron chi connectivity index (χ4n) is 1.37. The molecule has 0 fully saturated rings. The highest BCUT2D eigenvalue weighted by Crippen LogP contribution is 2.00. The lowest BCUT2D eigenvalue weighted by Crippen LogP contribution is -2.45. The predicted octanol–water partition coefficient (Wildman–Crippen LogP) is -0.0437. The Morgan fingerprint density at radius 2 is 1.86 bits per heavy atom. The second-order valence-corrected chi connectivity index (χ2v) is 4.24. The molecule has 0 radical (unpaired) electrons. The molecule has 0 aliphatic carbocycles. The van der Waals surface area contributed by atoms with Gasteiger partial charge in [-0.3, -0.25) is 9.59 Å². The third kappa shape index (κ3) is 6.71. The average molecular weight is 310 g/mol. The summed E-state index contributed by atoms with van der Waals surface area (Å²) in [5, 5.41) is 2.29. The predicted molar refractivity (Wildman–Crippen MR) is 75.6 cm³/mol. The van der Waals surface area contributed by atoms with E-state index in [0.717, 1.165) is 12.7 Å². The highest BCUT2D eigenvalue weighted by Gasteiger charge is 2.17. The van der Waals surface area contributed by atoms with Gasteiger partial charge in [0.05, 0.1) is 7.11 Å². The van der Waals surface area contributed by atoms with Crippen LogP contribution in [-0.4, -0.2) is 44.3 Å². The van der Waals surface area contributed by atoms with Gasteiger partial charge in [-0.15, -0.1) is 0 Å². The summed E-state index contributed by atoms with van der Waals surface area (Å²) in [4.78, 5) is 33.7. The van der Waals surface area contributed by atoms with E-state index in [-0.39, 0.29) is 19.8 Å². The van der Waals surface area contributed by atoms with Crippen LogP contribution in [0.5, 0.6) is 0 Å². The number of hydrogen-bond donors (Lipinski definition) is 2. The molecular formula is C14H18N2O6. The van der Waals surface area contributed by atoms with E-state index >= 15 is 0 Å². The van der Waals surface area contributed by atoms with Crippen molar-refractivity contribution in [1.29, 1.82) is 0 Å². The molecular weight excluding hydrogens is 292 g/mol. The second kappa shape index (κ2) is 9.35. The minimum atomic E-state index is -1.10. The number of methoxy groups -OCH3 is 1. The maximum absolute atomic E-state index is 11.5. The Kier molecular flexibility index (Phi) is 7.41. The molecule has 1 amide bonds. The van der Waals surface area contributed by atoms with Crippen LogP contribution in [0.2, 0.25) is 0 Å². The number of hydrogen-bond acceptors (Lipinski definition) is 7. The standard InChI is InChI=1S/C14H18N2O6/c1-20-14(19)22-9-11(15)13(18)16-7-12(17)21-8-10-5-3-2-4-6-10/h2-6,11H,7-9,15H2,1H3,(H,16,18)/t11-/m0/s1. The van der Waals surface area contributed by atoms with E-state index in [1.165, 1.54) is 0 Å². The monoisotopic (exact) mass is 310 g/mol. The summed E-state index contributed by atoms with van der Waals surface area (Å²) in [5.41, 5.74) is 6.31. The van der Waals surface area contributed by atoms with Gasteiger partial charge in [0.15, 0.2) is 0 Å². The molecule has 0 unspecified atom stereocenters. The highest BCUT2D eigenvalue weighted by molar-refractivity contribution is 5.85. The second-order valence-electron chi connectivity index (χ2n) is 4.24. The Bertz CT molecular complexity index is 505. The zero-order valence-corrected chi connectivity index (χ0v) is 12.1. The van der Waals surface area contributed by atoms with Crippen molar-refractivity contribution < 1.29 is 28.6 Å². The summed E-state index contributed by atoms with van der Waals surface area (Å²) in [7, 11) is 1.14. The van der Waals surface area contributed by atoms with Crippen LogP contribution in [0, 0.1) is 0 Å². The van der Waals surface area contributed by atoms with Crippen LogP contribution in [0.25, 0.3) is 0 Å². The third-order valence-corrected chi connectivity index (χ3v) is 2.53. The molecule has 0 bridgehead atoms. The van der Waals surface area contributed by atoms with Crippen molar-refractivity contribution in [2.24, 2.45) is 5.73 Å². The summed E-state index contributed by atoms with van der Waals surface area (Å²) in [6.07, 6.45) is -0.939. The van der Waals surface area contributed by atoms with Gasteiger partial charge in [0.2, 0.25) is 5.91 Å². The SMILES string of the molecule is COC(=O)OC[C@H](N)C(=O)NCC(=O)OCc1ccccc1. The van der Waals surface area contributed by atoms with Crippen LogP contribution in [0.15, 0.2) is 30.3 Å². The van der Waals surface area contributed by atoms with Gasteiger partial charge in [-0.1, -0.05) is 30.3 Å². The van der Waals surface area contributed by atoms with E-state index in [9.17, 15) is 14.4 Å². The Hall–Kier alpha value is -2.61. The van der Waals surface area contributed by atoms with Crippen LogP contribution >= 0.6 is 0 Å². The Morgan fingerprint density at radius 1 is 1.18 bits per heavy atom. The van der Waals surface area contributed by atoms with Crippen molar-refractivity contribution in [1.82, 2.24) is 5.32 Å². The summed E-state index contributed by atoms with van der Waals surface area (Å²) >= 11 is 0. The van der Waals surface area contributed by atoms with Crippen molar-refractivity contribution in [2.75, 3.05) is 20.3 Å². The van der Waals surface area contributed by atoms with Crippen LogP contribution in [0.4, 0.5) is 4.79 Å². The van der Waals surface area contributed by atoms with Gasteiger partial charge in [0.1, 0.15) is 25.8 Å². The highest BCUT2D eigenvalue weighted by atomic mass is 16.7. The van der Waals surface area contributed by atoms with Crippen LogP contribution in [0.1, 0.15) is 5.56 Å². The lowest BCUT2D eigenvalue weighted by atomic mass is 10.2. The number of esters is 1. The lowest BCUT2D eigenvalue weighted by molar-refractivity contribution is -0.145. The first-order chi connectivity index (χ1) is 10.5. The largest absolute Gasteiger partial charge is 0.508 e. The maximum atomic E-state index is 11.5. The molecule has 0 spiro atoms. The number of amides is 1. The quantitative estimate of drug-likeness (QED) is 0.678. The summed E-state index contributed by atoms with van der Waals surface area (Å²) in [6, 6.07) is 8.03. The number of carbonyl (C=O) groups is 3. The molecule has 0 saturated carbocycles. The van der Waals surface area contributed by atoms with Crippen molar-refractivity contribution in [2.45, 2.75) is 12.6 Å². The molecule has 1 rings (SSSR count). The first-order valence-corrected chi connectivity index (χ1v) is 6.46. The van der Waals surface area contributed by atoms with Crippen molar-refractivity contribution in [3.05, 3.63) is 35.9 Å². The molecule has 3 N–H and O–H groups in total. The number of rotatable bonds is 7. The van der Waals surface area contributed by atoms with Crippen molar-refractivity contribution in [3.63, 3.8) is 0 Å². The average Bonchev–Trinajstić information content (AvgIpc) is 2.56. The number of nitrogens with one attached hydrogen (secondary N) is 1. The van der Waals surface area contributed by atoms with E-state index < -0.39 is 24.1 Å². The normalized spacial score (nSPS) is 11.2. The smallest absolute Gasteiger partial charge is 0.460 e. The topological polar surface area (TPSA) is 117 Å². The van der Waals surface area contributed by atoms with Gasteiger partial charge in [0.25, 0.3) is 0 Å². The molecule has 1 aromatic carbocycles. The zero-order valence-electron chi connectivity index (χ0n) is 12.1. The van der Waals surface area contributed by atoms with E-state index in [4.69, 9.17) is 10.5 Å². The molecule has 8 nitrogen and oxygen atoms in total. The molecule has 120 valence electrons. The summed E-state index contributed by atoms with van der Waals surface area (Å²) in [5.74, 6) is -1.24.